The molecule has 1 heterocycles. The fourth-order valence-electron chi connectivity index (χ4n) is 2.30. The molecule has 146 valence electrons. The van der Waals surface area contributed by atoms with E-state index in [0.29, 0.717) is 14.5 Å². The Balaban J connectivity index is 1.91. The largest absolute Gasteiger partial charge is 0.299 e. The van der Waals surface area contributed by atoms with Crippen LogP contribution in [0.3, 0.4) is 0 Å². The van der Waals surface area contributed by atoms with Gasteiger partial charge in [-0.05, 0) is 36.6 Å². The third kappa shape index (κ3) is 4.82. The summed E-state index contributed by atoms with van der Waals surface area (Å²) in [4.78, 5) is 12.6. The number of nitrogens with zero attached hydrogens (tertiary/aromatic N) is 3. The molecule has 0 aliphatic heterocycles. The fourth-order valence-corrected chi connectivity index (χ4v) is 5.10. The van der Waals surface area contributed by atoms with Gasteiger partial charge in [-0.3, -0.25) is 14.4 Å². The van der Waals surface area contributed by atoms with Crippen molar-refractivity contribution >= 4 is 61.4 Å². The highest BCUT2D eigenvalue weighted by Crippen LogP contribution is 2.27. The van der Waals surface area contributed by atoms with E-state index in [1.165, 1.54) is 41.3 Å². The summed E-state index contributed by atoms with van der Waals surface area (Å²) in [5.41, 5.74) is 0.286. The molecule has 0 aliphatic rings. The van der Waals surface area contributed by atoms with Crippen LogP contribution in [-0.4, -0.2) is 37.3 Å². The Morgan fingerprint density at radius 3 is 2.57 bits per heavy atom. The summed E-state index contributed by atoms with van der Waals surface area (Å²) in [7, 11) is -3.98. The van der Waals surface area contributed by atoms with Gasteiger partial charge in [-0.2, -0.15) is 0 Å². The number of thioether (sulfide) groups is 1. The Bertz CT molecular complexity index is 1070. The van der Waals surface area contributed by atoms with Gasteiger partial charge in [0.1, 0.15) is 6.54 Å². The quantitative estimate of drug-likeness (QED) is 0.431. The van der Waals surface area contributed by atoms with Gasteiger partial charge < -0.3 is 0 Å². The monoisotopic (exact) mass is 454 g/mol. The van der Waals surface area contributed by atoms with E-state index in [4.69, 9.17) is 11.6 Å². The summed E-state index contributed by atoms with van der Waals surface area (Å²) < 4.78 is 28.0. The number of sulfonamides is 1. The fraction of sp³-hybridized carbons (Fsp3) is 0.118. The molecule has 11 heteroatoms. The minimum Gasteiger partial charge on any atom is -0.299 e. The summed E-state index contributed by atoms with van der Waals surface area (Å²) in [5, 5.41) is 11.0. The van der Waals surface area contributed by atoms with E-state index in [9.17, 15) is 13.2 Å². The highest BCUT2D eigenvalue weighted by Gasteiger charge is 2.27. The number of aromatic nitrogens is 2. The molecular formula is C17H15ClN4O3S3. The van der Waals surface area contributed by atoms with Crippen LogP contribution in [0.4, 0.5) is 10.8 Å². The summed E-state index contributed by atoms with van der Waals surface area (Å²) in [6.07, 6.45) is 1.85. The molecular weight excluding hydrogens is 440 g/mol. The lowest BCUT2D eigenvalue weighted by Gasteiger charge is -2.24. The van der Waals surface area contributed by atoms with E-state index in [1.54, 1.807) is 36.4 Å². The van der Waals surface area contributed by atoms with Gasteiger partial charge in [0.05, 0.1) is 10.6 Å². The minimum atomic E-state index is -3.98. The van der Waals surface area contributed by atoms with Crippen LogP contribution < -0.4 is 9.62 Å². The van der Waals surface area contributed by atoms with E-state index in [1.807, 2.05) is 6.26 Å². The lowest BCUT2D eigenvalue weighted by molar-refractivity contribution is -0.114. The zero-order chi connectivity index (χ0) is 20.1. The highest BCUT2D eigenvalue weighted by atomic mass is 35.5. The SMILES string of the molecule is CSc1nnc(NC(=O)CN(c2cccc(Cl)c2)S(=O)(=O)c2ccccc2)s1. The summed E-state index contributed by atoms with van der Waals surface area (Å²) in [6, 6.07) is 14.2. The van der Waals surface area contributed by atoms with Crippen molar-refractivity contribution < 1.29 is 13.2 Å². The molecule has 0 aliphatic carbocycles. The first-order chi connectivity index (χ1) is 13.4. The van der Waals surface area contributed by atoms with Crippen molar-refractivity contribution in [2.24, 2.45) is 0 Å². The van der Waals surface area contributed by atoms with Crippen LogP contribution in [0, 0.1) is 0 Å². The topological polar surface area (TPSA) is 92.3 Å². The molecule has 3 rings (SSSR count). The van der Waals surface area contributed by atoms with Crippen molar-refractivity contribution in [1.29, 1.82) is 0 Å². The van der Waals surface area contributed by atoms with E-state index >= 15 is 0 Å². The Morgan fingerprint density at radius 1 is 1.18 bits per heavy atom. The maximum Gasteiger partial charge on any atom is 0.264 e. The third-order valence-corrected chi connectivity index (χ3v) is 7.38. The molecule has 0 radical (unpaired) electrons. The Hall–Kier alpha value is -2.14. The van der Waals surface area contributed by atoms with Crippen molar-refractivity contribution in [3.63, 3.8) is 0 Å². The van der Waals surface area contributed by atoms with Gasteiger partial charge in [0, 0.05) is 5.02 Å². The van der Waals surface area contributed by atoms with Crippen LogP contribution in [0.15, 0.2) is 63.8 Å². The number of amides is 1. The van der Waals surface area contributed by atoms with Crippen LogP contribution in [0.1, 0.15) is 0 Å². The first-order valence-electron chi connectivity index (χ1n) is 7.91. The van der Waals surface area contributed by atoms with Crippen molar-refractivity contribution in [1.82, 2.24) is 10.2 Å². The molecule has 1 aromatic heterocycles. The summed E-state index contributed by atoms with van der Waals surface area (Å²) in [5.74, 6) is -0.539. The van der Waals surface area contributed by atoms with Crippen LogP contribution >= 0.6 is 34.7 Å². The second kappa shape index (κ2) is 8.91. The molecule has 3 aromatic rings. The number of carbonyl (C=O) groups is 1. The lowest BCUT2D eigenvalue weighted by atomic mass is 10.3. The first kappa shape index (κ1) is 20.6. The molecule has 0 spiro atoms. The molecule has 0 fully saturated rings. The number of hydrogen-bond acceptors (Lipinski definition) is 7. The molecule has 0 saturated carbocycles. The maximum atomic E-state index is 13.2. The molecule has 1 amide bonds. The number of nitrogens with one attached hydrogen (secondary N) is 1. The molecule has 0 bridgehead atoms. The zero-order valence-corrected chi connectivity index (χ0v) is 17.8. The molecule has 1 N–H and O–H groups in total. The lowest BCUT2D eigenvalue weighted by Crippen LogP contribution is -2.38. The predicted octanol–water partition coefficient (Wildman–Crippen LogP) is 3.75. The second-order valence-corrected chi connectivity index (χ2v) is 9.76. The average molecular weight is 455 g/mol. The smallest absolute Gasteiger partial charge is 0.264 e. The number of hydrogen-bond donors (Lipinski definition) is 1. The molecule has 28 heavy (non-hydrogen) atoms. The van der Waals surface area contributed by atoms with Crippen LogP contribution in [0.5, 0.6) is 0 Å². The van der Waals surface area contributed by atoms with Gasteiger partial charge in [-0.15, -0.1) is 10.2 Å². The van der Waals surface area contributed by atoms with Crippen molar-refractivity contribution in [3.05, 3.63) is 59.6 Å². The van der Waals surface area contributed by atoms with Crippen LogP contribution in [-0.2, 0) is 14.8 Å². The molecule has 7 nitrogen and oxygen atoms in total. The van der Waals surface area contributed by atoms with E-state index < -0.39 is 22.5 Å². The predicted molar refractivity (Wildman–Crippen MR) is 113 cm³/mol. The zero-order valence-electron chi connectivity index (χ0n) is 14.6. The number of carbonyl (C=O) groups excluding carboxylic acids is 1. The maximum absolute atomic E-state index is 13.2. The summed E-state index contributed by atoms with van der Waals surface area (Å²) in [6.45, 7) is -0.439. The summed E-state index contributed by atoms with van der Waals surface area (Å²) >= 11 is 8.64. The second-order valence-electron chi connectivity index (χ2n) is 5.43. The number of anilines is 2. The van der Waals surface area contributed by atoms with Gasteiger partial charge in [0.2, 0.25) is 11.0 Å². The minimum absolute atomic E-state index is 0.0726. The van der Waals surface area contributed by atoms with E-state index in [-0.39, 0.29) is 10.6 Å². The van der Waals surface area contributed by atoms with Crippen LogP contribution in [0.2, 0.25) is 5.02 Å². The van der Waals surface area contributed by atoms with Crippen molar-refractivity contribution in [2.45, 2.75) is 9.24 Å². The third-order valence-electron chi connectivity index (χ3n) is 3.54. The number of benzene rings is 2. The Labute approximate surface area is 175 Å². The highest BCUT2D eigenvalue weighted by molar-refractivity contribution is 8.00. The molecule has 0 atom stereocenters. The van der Waals surface area contributed by atoms with Gasteiger partial charge >= 0.3 is 0 Å². The first-order valence-corrected chi connectivity index (χ1v) is 11.8. The standard InChI is InChI=1S/C17H15ClN4O3S3/c1-26-17-21-20-16(27-17)19-15(23)11-22(13-7-5-6-12(18)10-13)28(24,25)14-8-3-2-4-9-14/h2-10H,11H2,1H3,(H,19,20,23). The van der Waals surface area contributed by atoms with Crippen molar-refractivity contribution in [2.75, 3.05) is 22.4 Å². The van der Waals surface area contributed by atoms with E-state index in [2.05, 4.69) is 15.5 Å². The Kier molecular flexibility index (Phi) is 6.55. The molecule has 0 saturated heterocycles. The van der Waals surface area contributed by atoms with Gasteiger partial charge in [-0.1, -0.05) is 59.0 Å². The molecule has 0 unspecified atom stereocenters. The van der Waals surface area contributed by atoms with Gasteiger partial charge in [-0.25, -0.2) is 8.42 Å². The van der Waals surface area contributed by atoms with E-state index in [0.717, 1.165) is 4.31 Å². The van der Waals surface area contributed by atoms with Crippen molar-refractivity contribution in [3.8, 4) is 0 Å². The number of halogens is 1. The average Bonchev–Trinajstić information content (AvgIpc) is 3.14. The number of rotatable bonds is 7. The molecule has 2 aromatic carbocycles. The van der Waals surface area contributed by atoms with Crippen LogP contribution in [0.25, 0.3) is 0 Å². The van der Waals surface area contributed by atoms with Gasteiger partial charge in [0.15, 0.2) is 4.34 Å². The Morgan fingerprint density at radius 2 is 1.93 bits per heavy atom. The normalized spacial score (nSPS) is 11.2. The van der Waals surface area contributed by atoms with Gasteiger partial charge in [0.25, 0.3) is 10.0 Å².